The molecule has 0 aromatic heterocycles. The molecule has 0 aliphatic heterocycles. The Morgan fingerprint density at radius 2 is 1.88 bits per heavy atom. The van der Waals surface area contributed by atoms with Gasteiger partial charge < -0.3 is 4.74 Å². The highest BCUT2D eigenvalue weighted by Crippen LogP contribution is 2.15. The molecule has 0 aliphatic carbocycles. The second kappa shape index (κ2) is 5.92. The van der Waals surface area contributed by atoms with Gasteiger partial charge >= 0.3 is 0 Å². The standard InChI is InChI=1S/C11H13ClO3S/c1-16(13,14)11-6-4-10(5-7-11)15-9-3-2-8-12/h2-7H,8-9H2,1H3. The van der Waals surface area contributed by atoms with E-state index in [4.69, 9.17) is 16.3 Å². The molecule has 3 nitrogen and oxygen atoms in total. The maximum absolute atomic E-state index is 11.2. The molecule has 1 aromatic rings. The molecule has 0 heterocycles. The van der Waals surface area contributed by atoms with Crippen LogP contribution < -0.4 is 4.74 Å². The van der Waals surface area contributed by atoms with Crippen molar-refractivity contribution >= 4 is 21.4 Å². The van der Waals surface area contributed by atoms with E-state index in [-0.39, 0.29) is 4.90 Å². The van der Waals surface area contributed by atoms with Gasteiger partial charge in [-0.05, 0) is 24.3 Å². The van der Waals surface area contributed by atoms with Crippen molar-refractivity contribution in [3.8, 4) is 5.75 Å². The van der Waals surface area contributed by atoms with E-state index >= 15 is 0 Å². The third kappa shape index (κ3) is 4.24. The summed E-state index contributed by atoms with van der Waals surface area (Å²) < 4.78 is 27.7. The lowest BCUT2D eigenvalue weighted by atomic mass is 10.3. The lowest BCUT2D eigenvalue weighted by Crippen LogP contribution is -1.98. The van der Waals surface area contributed by atoms with Crippen molar-refractivity contribution < 1.29 is 13.2 Å². The molecule has 0 unspecified atom stereocenters. The van der Waals surface area contributed by atoms with E-state index in [1.54, 1.807) is 24.3 Å². The Bertz CT molecular complexity index is 449. The van der Waals surface area contributed by atoms with Crippen molar-refractivity contribution in [3.05, 3.63) is 36.4 Å². The van der Waals surface area contributed by atoms with E-state index < -0.39 is 9.84 Å². The topological polar surface area (TPSA) is 43.4 Å². The van der Waals surface area contributed by atoms with E-state index in [0.717, 1.165) is 0 Å². The van der Waals surface area contributed by atoms with Gasteiger partial charge in [-0.25, -0.2) is 8.42 Å². The number of hydrogen-bond acceptors (Lipinski definition) is 3. The highest BCUT2D eigenvalue weighted by molar-refractivity contribution is 7.90. The Balaban J connectivity index is 2.62. The molecule has 0 spiro atoms. The predicted molar refractivity (Wildman–Crippen MR) is 64.9 cm³/mol. The van der Waals surface area contributed by atoms with E-state index in [1.165, 1.54) is 18.4 Å². The lowest BCUT2D eigenvalue weighted by molar-refractivity contribution is 0.362. The van der Waals surface area contributed by atoms with E-state index in [1.807, 2.05) is 0 Å². The Morgan fingerprint density at radius 3 is 2.38 bits per heavy atom. The first-order valence-electron chi connectivity index (χ1n) is 4.68. The lowest BCUT2D eigenvalue weighted by Gasteiger charge is -2.03. The molecule has 0 amide bonds. The molecule has 0 fully saturated rings. The Hall–Kier alpha value is -1.00. The molecule has 0 bridgehead atoms. The van der Waals surface area contributed by atoms with Crippen molar-refractivity contribution in [2.24, 2.45) is 0 Å². The summed E-state index contributed by atoms with van der Waals surface area (Å²) in [6.45, 7) is 0.422. The normalized spacial score (nSPS) is 11.9. The SMILES string of the molecule is CS(=O)(=O)c1ccc(OCC=CCCl)cc1. The van der Waals surface area contributed by atoms with Gasteiger partial charge in [0.15, 0.2) is 9.84 Å². The molecule has 0 saturated heterocycles. The fraction of sp³-hybridized carbons (Fsp3) is 0.273. The molecule has 0 N–H and O–H groups in total. The first-order chi connectivity index (χ1) is 7.54. The number of hydrogen-bond donors (Lipinski definition) is 0. The fourth-order valence-corrected chi connectivity index (χ4v) is 1.81. The first-order valence-corrected chi connectivity index (χ1v) is 7.10. The van der Waals surface area contributed by atoms with Crippen molar-refractivity contribution in [1.82, 2.24) is 0 Å². The third-order valence-corrected chi connectivity index (χ3v) is 3.16. The number of rotatable bonds is 5. The minimum Gasteiger partial charge on any atom is -0.490 e. The minimum absolute atomic E-state index is 0.288. The fourth-order valence-electron chi connectivity index (χ4n) is 1.06. The second-order valence-electron chi connectivity index (χ2n) is 3.18. The largest absolute Gasteiger partial charge is 0.490 e. The van der Waals surface area contributed by atoms with Gasteiger partial charge in [-0.1, -0.05) is 12.2 Å². The Labute approximate surface area is 101 Å². The molecular weight excluding hydrogens is 248 g/mol. The number of allylic oxidation sites excluding steroid dienone is 1. The van der Waals surface area contributed by atoms with Crippen molar-refractivity contribution in [3.63, 3.8) is 0 Å². The smallest absolute Gasteiger partial charge is 0.175 e. The van der Waals surface area contributed by atoms with Crippen molar-refractivity contribution in [2.75, 3.05) is 18.7 Å². The molecule has 0 saturated carbocycles. The van der Waals surface area contributed by atoms with Gasteiger partial charge in [0, 0.05) is 12.1 Å². The van der Waals surface area contributed by atoms with Crippen LogP contribution in [-0.2, 0) is 9.84 Å². The average Bonchev–Trinajstić information content (AvgIpc) is 2.24. The third-order valence-electron chi connectivity index (χ3n) is 1.85. The first kappa shape index (κ1) is 13.1. The molecule has 1 rings (SSSR count). The van der Waals surface area contributed by atoms with Gasteiger partial charge in [0.25, 0.3) is 0 Å². The molecule has 5 heteroatoms. The molecule has 0 aliphatic rings. The van der Waals surface area contributed by atoms with Gasteiger partial charge in [-0.2, -0.15) is 0 Å². The monoisotopic (exact) mass is 260 g/mol. The summed E-state index contributed by atoms with van der Waals surface area (Å²) in [6.07, 6.45) is 4.76. The molecule has 88 valence electrons. The number of ether oxygens (including phenoxy) is 1. The summed E-state index contributed by atoms with van der Waals surface area (Å²) in [5, 5.41) is 0. The van der Waals surface area contributed by atoms with Crippen LogP contribution in [0.4, 0.5) is 0 Å². The van der Waals surface area contributed by atoms with Gasteiger partial charge in [0.05, 0.1) is 4.90 Å². The van der Waals surface area contributed by atoms with E-state index in [2.05, 4.69) is 0 Å². The van der Waals surface area contributed by atoms with Crippen LogP contribution >= 0.6 is 11.6 Å². The van der Waals surface area contributed by atoms with Gasteiger partial charge in [-0.15, -0.1) is 11.6 Å². The number of sulfone groups is 1. The summed E-state index contributed by atoms with van der Waals surface area (Å²) in [5.74, 6) is 1.09. The highest BCUT2D eigenvalue weighted by Gasteiger charge is 2.05. The number of halogens is 1. The van der Waals surface area contributed by atoms with Crippen LogP contribution in [0.3, 0.4) is 0 Å². The van der Waals surface area contributed by atoms with Crippen LogP contribution in [-0.4, -0.2) is 27.2 Å². The molecule has 16 heavy (non-hydrogen) atoms. The zero-order valence-electron chi connectivity index (χ0n) is 8.89. The zero-order chi connectivity index (χ0) is 12.0. The Morgan fingerprint density at radius 1 is 1.25 bits per heavy atom. The van der Waals surface area contributed by atoms with Crippen LogP contribution in [0, 0.1) is 0 Å². The van der Waals surface area contributed by atoms with E-state index in [0.29, 0.717) is 18.2 Å². The minimum atomic E-state index is -3.14. The molecule has 0 atom stereocenters. The zero-order valence-corrected chi connectivity index (χ0v) is 10.5. The number of alkyl halides is 1. The maximum Gasteiger partial charge on any atom is 0.175 e. The average molecular weight is 261 g/mol. The van der Waals surface area contributed by atoms with Crippen LogP contribution in [0.1, 0.15) is 0 Å². The summed E-state index contributed by atoms with van der Waals surface area (Å²) in [5.41, 5.74) is 0. The molecule has 1 aromatic carbocycles. The second-order valence-corrected chi connectivity index (χ2v) is 5.50. The quantitative estimate of drug-likeness (QED) is 0.603. The van der Waals surface area contributed by atoms with Crippen LogP contribution in [0.2, 0.25) is 0 Å². The van der Waals surface area contributed by atoms with Crippen molar-refractivity contribution in [1.29, 1.82) is 0 Å². The maximum atomic E-state index is 11.2. The van der Waals surface area contributed by atoms with Gasteiger partial charge in [0.1, 0.15) is 12.4 Å². The Kier molecular flexibility index (Phi) is 4.83. The van der Waals surface area contributed by atoms with E-state index in [9.17, 15) is 8.42 Å². The van der Waals surface area contributed by atoms with Gasteiger partial charge in [-0.3, -0.25) is 0 Å². The summed E-state index contributed by atoms with van der Waals surface area (Å²) in [6, 6.07) is 6.31. The summed E-state index contributed by atoms with van der Waals surface area (Å²) in [7, 11) is -3.14. The molecular formula is C11H13ClO3S. The summed E-state index contributed by atoms with van der Waals surface area (Å²) >= 11 is 5.45. The molecule has 0 radical (unpaired) electrons. The van der Waals surface area contributed by atoms with Crippen molar-refractivity contribution in [2.45, 2.75) is 4.90 Å². The van der Waals surface area contributed by atoms with Gasteiger partial charge in [0.2, 0.25) is 0 Å². The van der Waals surface area contributed by atoms with Crippen LogP contribution in [0.25, 0.3) is 0 Å². The predicted octanol–water partition coefficient (Wildman–Crippen LogP) is 2.26. The van der Waals surface area contributed by atoms with Crippen LogP contribution in [0.15, 0.2) is 41.3 Å². The number of benzene rings is 1. The highest BCUT2D eigenvalue weighted by atomic mass is 35.5. The summed E-state index contributed by atoms with van der Waals surface area (Å²) in [4.78, 5) is 0.288. The van der Waals surface area contributed by atoms with Crippen LogP contribution in [0.5, 0.6) is 5.75 Å².